The Balaban J connectivity index is 0.00000280. The summed E-state index contributed by atoms with van der Waals surface area (Å²) < 4.78 is 0. The van der Waals surface area contributed by atoms with Crippen LogP contribution in [0.1, 0.15) is 6.92 Å². The van der Waals surface area contributed by atoms with Gasteiger partial charge in [-0.25, -0.2) is 4.98 Å². The smallest absolute Gasteiger partial charge is 0.193 e. The van der Waals surface area contributed by atoms with Crippen LogP contribution in [0.4, 0.5) is 5.82 Å². The standard InChI is InChI=1S/C20H35N7.HI/c1-18(17-25-10-8-24(3)9-11-25)16-23-20(21-2)27-14-12-26(13-15-27)19-6-4-5-7-22-19;/h4-7,18H,8-17H2,1-3H3,(H,21,23);1H. The van der Waals surface area contributed by atoms with Crippen LogP contribution in [0.3, 0.4) is 0 Å². The Morgan fingerprint density at radius 1 is 1.11 bits per heavy atom. The van der Waals surface area contributed by atoms with E-state index in [1.165, 1.54) is 26.2 Å². The second-order valence-electron chi connectivity index (χ2n) is 7.80. The van der Waals surface area contributed by atoms with Crippen LogP contribution in [0.25, 0.3) is 0 Å². The second kappa shape index (κ2) is 11.8. The molecule has 8 heteroatoms. The number of aromatic nitrogens is 1. The van der Waals surface area contributed by atoms with Gasteiger partial charge in [0, 0.05) is 78.7 Å². The molecule has 1 aromatic rings. The summed E-state index contributed by atoms with van der Waals surface area (Å²) in [5, 5.41) is 3.60. The van der Waals surface area contributed by atoms with Crippen molar-refractivity contribution in [2.45, 2.75) is 6.92 Å². The highest BCUT2D eigenvalue weighted by Crippen LogP contribution is 2.12. The molecule has 2 fully saturated rings. The van der Waals surface area contributed by atoms with Gasteiger partial charge in [0.25, 0.3) is 0 Å². The third kappa shape index (κ3) is 6.73. The first-order valence-electron chi connectivity index (χ1n) is 10.2. The van der Waals surface area contributed by atoms with Crippen molar-refractivity contribution in [1.82, 2.24) is 25.0 Å². The van der Waals surface area contributed by atoms with Crippen LogP contribution >= 0.6 is 24.0 Å². The third-order valence-corrected chi connectivity index (χ3v) is 5.54. The summed E-state index contributed by atoms with van der Waals surface area (Å²) in [6, 6.07) is 6.11. The topological polar surface area (TPSA) is 50.2 Å². The van der Waals surface area contributed by atoms with E-state index in [9.17, 15) is 0 Å². The predicted molar refractivity (Wildman–Crippen MR) is 128 cm³/mol. The van der Waals surface area contributed by atoms with E-state index < -0.39 is 0 Å². The van der Waals surface area contributed by atoms with E-state index in [0.29, 0.717) is 5.92 Å². The highest BCUT2D eigenvalue weighted by molar-refractivity contribution is 14.0. The summed E-state index contributed by atoms with van der Waals surface area (Å²) in [4.78, 5) is 18.7. The first kappa shape index (κ1) is 23.2. The molecule has 3 heterocycles. The van der Waals surface area contributed by atoms with Gasteiger partial charge in [0.15, 0.2) is 5.96 Å². The summed E-state index contributed by atoms with van der Waals surface area (Å²) in [7, 11) is 4.10. The molecule has 28 heavy (non-hydrogen) atoms. The van der Waals surface area contributed by atoms with Crippen molar-refractivity contribution < 1.29 is 0 Å². The maximum absolute atomic E-state index is 4.52. The molecule has 2 aliphatic rings. The molecular weight excluding hydrogens is 465 g/mol. The van der Waals surface area contributed by atoms with E-state index in [-0.39, 0.29) is 24.0 Å². The molecular formula is C20H36IN7. The van der Waals surface area contributed by atoms with Gasteiger partial charge in [-0.3, -0.25) is 4.99 Å². The quantitative estimate of drug-likeness (QED) is 0.373. The lowest BCUT2D eigenvalue weighted by molar-refractivity contribution is 0.139. The first-order chi connectivity index (χ1) is 13.2. The molecule has 0 saturated carbocycles. The lowest BCUT2D eigenvalue weighted by Gasteiger charge is -2.37. The Labute approximate surface area is 187 Å². The number of halogens is 1. The van der Waals surface area contributed by atoms with Gasteiger partial charge in [-0.1, -0.05) is 13.0 Å². The Morgan fingerprint density at radius 2 is 1.82 bits per heavy atom. The van der Waals surface area contributed by atoms with Gasteiger partial charge in [0.05, 0.1) is 0 Å². The molecule has 0 aromatic carbocycles. The summed E-state index contributed by atoms with van der Waals surface area (Å²) in [6.45, 7) is 13.1. The van der Waals surface area contributed by atoms with Gasteiger partial charge in [-0.2, -0.15) is 0 Å². The van der Waals surface area contributed by atoms with Gasteiger partial charge < -0.3 is 24.9 Å². The Bertz CT molecular complexity index is 581. The van der Waals surface area contributed by atoms with Crippen LogP contribution in [0.2, 0.25) is 0 Å². The van der Waals surface area contributed by atoms with E-state index in [0.717, 1.165) is 51.0 Å². The van der Waals surface area contributed by atoms with Gasteiger partial charge in [0.2, 0.25) is 0 Å². The molecule has 3 rings (SSSR count). The van der Waals surface area contributed by atoms with Crippen LogP contribution in [-0.4, -0.2) is 105 Å². The van der Waals surface area contributed by atoms with E-state index in [1.54, 1.807) is 0 Å². The van der Waals surface area contributed by atoms with Crippen LogP contribution in [0.15, 0.2) is 29.4 Å². The minimum Gasteiger partial charge on any atom is -0.356 e. The molecule has 0 spiro atoms. The lowest BCUT2D eigenvalue weighted by atomic mass is 10.1. The number of hydrogen-bond donors (Lipinski definition) is 1. The van der Waals surface area contributed by atoms with Crippen LogP contribution in [0, 0.1) is 5.92 Å². The predicted octanol–water partition coefficient (Wildman–Crippen LogP) is 1.28. The van der Waals surface area contributed by atoms with Gasteiger partial charge in [-0.05, 0) is 25.1 Å². The Kier molecular flexibility index (Phi) is 9.73. The Morgan fingerprint density at radius 3 is 2.43 bits per heavy atom. The SMILES string of the molecule is CN=C(NCC(C)CN1CCN(C)CC1)N1CCN(c2ccccn2)CC1.I. The largest absolute Gasteiger partial charge is 0.356 e. The molecule has 1 atom stereocenters. The summed E-state index contributed by atoms with van der Waals surface area (Å²) in [5.41, 5.74) is 0. The third-order valence-electron chi connectivity index (χ3n) is 5.54. The van der Waals surface area contributed by atoms with E-state index in [2.05, 4.69) is 61.0 Å². The van der Waals surface area contributed by atoms with Crippen molar-refractivity contribution in [2.24, 2.45) is 10.9 Å². The van der Waals surface area contributed by atoms with E-state index in [4.69, 9.17) is 0 Å². The van der Waals surface area contributed by atoms with Gasteiger partial charge in [0.1, 0.15) is 5.82 Å². The molecule has 1 aromatic heterocycles. The minimum atomic E-state index is 0. The molecule has 158 valence electrons. The second-order valence-corrected chi connectivity index (χ2v) is 7.80. The number of nitrogens with zero attached hydrogens (tertiary/aromatic N) is 6. The van der Waals surface area contributed by atoms with Crippen LogP contribution in [-0.2, 0) is 0 Å². The fourth-order valence-corrected chi connectivity index (χ4v) is 3.82. The normalized spacial score (nSPS) is 20.6. The maximum atomic E-state index is 4.52. The number of anilines is 1. The molecule has 0 amide bonds. The number of piperazine rings is 2. The molecule has 2 saturated heterocycles. The monoisotopic (exact) mass is 501 g/mol. The number of guanidine groups is 1. The van der Waals surface area contributed by atoms with Crippen molar-refractivity contribution in [2.75, 3.05) is 84.4 Å². The fraction of sp³-hybridized carbons (Fsp3) is 0.700. The molecule has 0 bridgehead atoms. The highest BCUT2D eigenvalue weighted by atomic mass is 127. The van der Waals surface area contributed by atoms with Crippen LogP contribution < -0.4 is 10.2 Å². The zero-order valence-electron chi connectivity index (χ0n) is 17.5. The maximum Gasteiger partial charge on any atom is 0.193 e. The molecule has 1 N–H and O–H groups in total. The van der Waals surface area contributed by atoms with Crippen molar-refractivity contribution in [3.63, 3.8) is 0 Å². The number of likely N-dealkylation sites (N-methyl/N-ethyl adjacent to an activating group) is 1. The minimum absolute atomic E-state index is 0. The summed E-state index contributed by atoms with van der Waals surface area (Å²) in [6.07, 6.45) is 1.87. The fourth-order valence-electron chi connectivity index (χ4n) is 3.82. The zero-order valence-corrected chi connectivity index (χ0v) is 19.9. The number of nitrogens with one attached hydrogen (secondary N) is 1. The average Bonchev–Trinajstić information content (AvgIpc) is 2.71. The van der Waals surface area contributed by atoms with Crippen LogP contribution in [0.5, 0.6) is 0 Å². The van der Waals surface area contributed by atoms with Gasteiger partial charge in [-0.15, -0.1) is 24.0 Å². The molecule has 1 unspecified atom stereocenters. The van der Waals surface area contributed by atoms with E-state index in [1.807, 2.05) is 19.3 Å². The van der Waals surface area contributed by atoms with Crippen molar-refractivity contribution in [3.8, 4) is 0 Å². The van der Waals surface area contributed by atoms with Crippen molar-refractivity contribution in [3.05, 3.63) is 24.4 Å². The Hall–Kier alpha value is -1.13. The van der Waals surface area contributed by atoms with Gasteiger partial charge >= 0.3 is 0 Å². The highest BCUT2D eigenvalue weighted by Gasteiger charge is 2.21. The molecule has 0 radical (unpaired) electrons. The number of rotatable bonds is 5. The lowest BCUT2D eigenvalue weighted by Crippen LogP contribution is -2.53. The van der Waals surface area contributed by atoms with Crippen molar-refractivity contribution >= 4 is 35.8 Å². The van der Waals surface area contributed by atoms with E-state index >= 15 is 0 Å². The summed E-state index contributed by atoms with van der Waals surface area (Å²) >= 11 is 0. The number of pyridine rings is 1. The molecule has 7 nitrogen and oxygen atoms in total. The number of aliphatic imine (C=N–C) groups is 1. The number of hydrogen-bond acceptors (Lipinski definition) is 5. The first-order valence-corrected chi connectivity index (χ1v) is 10.2. The summed E-state index contributed by atoms with van der Waals surface area (Å²) in [5.74, 6) is 2.71. The average molecular weight is 501 g/mol. The van der Waals surface area contributed by atoms with Crippen molar-refractivity contribution in [1.29, 1.82) is 0 Å². The zero-order chi connectivity index (χ0) is 19.1. The molecule has 0 aliphatic carbocycles. The molecule has 2 aliphatic heterocycles.